The smallest absolute Gasteiger partial charge is 0.196 e. The van der Waals surface area contributed by atoms with Crippen LogP contribution < -0.4 is 4.74 Å². The van der Waals surface area contributed by atoms with Crippen molar-refractivity contribution < 1.29 is 9.13 Å². The average Bonchev–Trinajstić information content (AvgIpc) is 3.17. The summed E-state index contributed by atoms with van der Waals surface area (Å²) in [6.07, 6.45) is 0. The summed E-state index contributed by atoms with van der Waals surface area (Å²) in [5.74, 6) is 1.80. The number of rotatable bonds is 6. The Labute approximate surface area is 177 Å². The van der Waals surface area contributed by atoms with Crippen molar-refractivity contribution in [3.05, 3.63) is 89.2 Å². The van der Waals surface area contributed by atoms with Crippen molar-refractivity contribution in [1.29, 1.82) is 0 Å². The van der Waals surface area contributed by atoms with Crippen LogP contribution in [0.1, 0.15) is 5.56 Å². The molecule has 0 spiro atoms. The first kappa shape index (κ1) is 19.5. The van der Waals surface area contributed by atoms with Crippen LogP contribution in [0.5, 0.6) is 5.75 Å². The van der Waals surface area contributed by atoms with Crippen LogP contribution in [-0.2, 0) is 5.75 Å². The number of halogens is 2. The monoisotopic (exact) mass is 425 g/mol. The predicted octanol–water partition coefficient (Wildman–Crippen LogP) is 6.03. The third kappa shape index (κ3) is 4.44. The highest BCUT2D eigenvalue weighted by molar-refractivity contribution is 7.98. The first-order valence-electron chi connectivity index (χ1n) is 8.87. The molecule has 7 heteroatoms. The van der Waals surface area contributed by atoms with Crippen molar-refractivity contribution in [2.24, 2.45) is 0 Å². The molecular weight excluding hydrogens is 409 g/mol. The fourth-order valence-electron chi connectivity index (χ4n) is 2.89. The second-order valence-corrected chi connectivity index (χ2v) is 7.64. The maximum absolute atomic E-state index is 13.5. The lowest BCUT2D eigenvalue weighted by Crippen LogP contribution is -2.00. The Kier molecular flexibility index (Phi) is 5.83. The second-order valence-electron chi connectivity index (χ2n) is 6.27. The molecule has 0 aliphatic carbocycles. The standard InChI is InChI=1S/C22H17ClFN3OS/c1-28-20-11-9-19(10-12-20)27-21(16-5-7-17(23)8-6-16)25-26-22(27)29-14-15-3-2-4-18(24)13-15/h2-13H,14H2,1H3. The average molecular weight is 426 g/mol. The van der Waals surface area contributed by atoms with Crippen LogP contribution >= 0.6 is 23.4 Å². The highest BCUT2D eigenvalue weighted by Gasteiger charge is 2.16. The molecule has 0 N–H and O–H groups in total. The van der Waals surface area contributed by atoms with Gasteiger partial charge in [0.1, 0.15) is 11.6 Å². The van der Waals surface area contributed by atoms with E-state index in [2.05, 4.69) is 10.2 Å². The molecule has 0 aliphatic heterocycles. The minimum atomic E-state index is -0.249. The number of benzene rings is 3. The third-order valence-corrected chi connectivity index (χ3v) is 5.58. The van der Waals surface area contributed by atoms with Crippen LogP contribution in [-0.4, -0.2) is 21.9 Å². The lowest BCUT2D eigenvalue weighted by Gasteiger charge is -2.11. The van der Waals surface area contributed by atoms with Gasteiger partial charge in [0, 0.05) is 22.0 Å². The van der Waals surface area contributed by atoms with Gasteiger partial charge < -0.3 is 4.74 Å². The highest BCUT2D eigenvalue weighted by Crippen LogP contribution is 2.31. The summed E-state index contributed by atoms with van der Waals surface area (Å²) in [7, 11) is 1.63. The minimum absolute atomic E-state index is 0.249. The summed E-state index contributed by atoms with van der Waals surface area (Å²) in [6.45, 7) is 0. The summed E-state index contributed by atoms with van der Waals surface area (Å²) < 4.78 is 20.7. The van der Waals surface area contributed by atoms with Gasteiger partial charge in [-0.2, -0.15) is 0 Å². The molecule has 0 bridgehead atoms. The number of nitrogens with zero attached hydrogens (tertiary/aromatic N) is 3. The molecule has 0 unspecified atom stereocenters. The number of ether oxygens (including phenoxy) is 1. The van der Waals surface area contributed by atoms with Crippen LogP contribution in [0.4, 0.5) is 4.39 Å². The van der Waals surface area contributed by atoms with Crippen molar-refractivity contribution in [3.8, 4) is 22.8 Å². The van der Waals surface area contributed by atoms with E-state index < -0.39 is 0 Å². The number of thioether (sulfide) groups is 1. The molecule has 29 heavy (non-hydrogen) atoms. The van der Waals surface area contributed by atoms with Crippen molar-refractivity contribution in [1.82, 2.24) is 14.8 Å². The van der Waals surface area contributed by atoms with E-state index in [1.54, 1.807) is 13.2 Å². The Morgan fingerprint density at radius 3 is 2.45 bits per heavy atom. The van der Waals surface area contributed by atoms with Gasteiger partial charge in [0.2, 0.25) is 0 Å². The number of methoxy groups -OCH3 is 1. The Morgan fingerprint density at radius 2 is 1.76 bits per heavy atom. The molecule has 4 aromatic rings. The first-order valence-corrected chi connectivity index (χ1v) is 10.2. The molecule has 0 fully saturated rings. The molecule has 4 nitrogen and oxygen atoms in total. The van der Waals surface area contributed by atoms with Gasteiger partial charge in [0.15, 0.2) is 11.0 Å². The Bertz CT molecular complexity index is 1110. The van der Waals surface area contributed by atoms with E-state index in [0.29, 0.717) is 21.8 Å². The van der Waals surface area contributed by atoms with Crippen LogP contribution in [0.25, 0.3) is 17.1 Å². The van der Waals surface area contributed by atoms with Gasteiger partial charge in [-0.3, -0.25) is 4.57 Å². The van der Waals surface area contributed by atoms with Gasteiger partial charge in [-0.1, -0.05) is 35.5 Å². The zero-order valence-corrected chi connectivity index (χ0v) is 17.1. The largest absolute Gasteiger partial charge is 0.497 e. The lowest BCUT2D eigenvalue weighted by molar-refractivity contribution is 0.414. The topological polar surface area (TPSA) is 39.9 Å². The van der Waals surface area contributed by atoms with E-state index in [9.17, 15) is 4.39 Å². The minimum Gasteiger partial charge on any atom is -0.497 e. The van der Waals surface area contributed by atoms with E-state index in [1.165, 1.54) is 23.9 Å². The van der Waals surface area contributed by atoms with E-state index in [1.807, 2.05) is 59.2 Å². The summed E-state index contributed by atoms with van der Waals surface area (Å²) in [6, 6.07) is 21.7. The molecule has 0 saturated heterocycles. The van der Waals surface area contributed by atoms with E-state index in [0.717, 1.165) is 22.6 Å². The van der Waals surface area contributed by atoms with Gasteiger partial charge in [0.05, 0.1) is 7.11 Å². The molecule has 0 aliphatic rings. The molecule has 0 amide bonds. The summed E-state index contributed by atoms with van der Waals surface area (Å²) in [4.78, 5) is 0. The maximum atomic E-state index is 13.5. The van der Waals surface area contributed by atoms with Crippen molar-refractivity contribution in [2.75, 3.05) is 7.11 Å². The zero-order valence-electron chi connectivity index (χ0n) is 15.5. The number of hydrogen-bond donors (Lipinski definition) is 0. The molecule has 146 valence electrons. The van der Waals surface area contributed by atoms with Crippen LogP contribution in [0.2, 0.25) is 5.02 Å². The zero-order chi connectivity index (χ0) is 20.2. The van der Waals surface area contributed by atoms with Crippen LogP contribution in [0.15, 0.2) is 78.0 Å². The molecule has 0 radical (unpaired) electrons. The molecule has 1 aromatic heterocycles. The van der Waals surface area contributed by atoms with Gasteiger partial charge in [-0.15, -0.1) is 10.2 Å². The maximum Gasteiger partial charge on any atom is 0.196 e. The molecule has 4 rings (SSSR count). The van der Waals surface area contributed by atoms with Gasteiger partial charge >= 0.3 is 0 Å². The fraction of sp³-hybridized carbons (Fsp3) is 0.0909. The molecule has 1 heterocycles. The van der Waals surface area contributed by atoms with Gasteiger partial charge in [-0.05, 0) is 66.2 Å². The Morgan fingerprint density at radius 1 is 1.00 bits per heavy atom. The Hall–Kier alpha value is -2.83. The molecule has 3 aromatic carbocycles. The normalized spacial score (nSPS) is 10.9. The second kappa shape index (κ2) is 8.68. The summed E-state index contributed by atoms with van der Waals surface area (Å²) in [5.41, 5.74) is 2.69. The fourth-order valence-corrected chi connectivity index (χ4v) is 3.91. The number of aromatic nitrogens is 3. The van der Waals surface area contributed by atoms with E-state index >= 15 is 0 Å². The number of hydrogen-bond acceptors (Lipinski definition) is 4. The van der Waals surface area contributed by atoms with Crippen LogP contribution in [0.3, 0.4) is 0 Å². The first-order chi connectivity index (χ1) is 14.1. The van der Waals surface area contributed by atoms with E-state index in [4.69, 9.17) is 16.3 Å². The molecule has 0 atom stereocenters. The predicted molar refractivity (Wildman–Crippen MR) is 114 cm³/mol. The third-order valence-electron chi connectivity index (χ3n) is 4.32. The quantitative estimate of drug-likeness (QED) is 0.354. The van der Waals surface area contributed by atoms with Crippen molar-refractivity contribution in [2.45, 2.75) is 10.9 Å². The van der Waals surface area contributed by atoms with Gasteiger partial charge in [-0.25, -0.2) is 4.39 Å². The van der Waals surface area contributed by atoms with Crippen molar-refractivity contribution in [3.63, 3.8) is 0 Å². The Balaban J connectivity index is 1.73. The van der Waals surface area contributed by atoms with Crippen molar-refractivity contribution >= 4 is 23.4 Å². The van der Waals surface area contributed by atoms with Gasteiger partial charge in [0.25, 0.3) is 0 Å². The highest BCUT2D eigenvalue weighted by atomic mass is 35.5. The lowest BCUT2D eigenvalue weighted by atomic mass is 10.2. The van der Waals surface area contributed by atoms with E-state index in [-0.39, 0.29) is 5.82 Å². The van der Waals surface area contributed by atoms with Crippen LogP contribution in [0, 0.1) is 5.82 Å². The molecule has 0 saturated carbocycles. The molecular formula is C22H17ClFN3OS. The SMILES string of the molecule is COc1ccc(-n2c(SCc3cccc(F)c3)nnc2-c2ccc(Cl)cc2)cc1. The summed E-state index contributed by atoms with van der Waals surface area (Å²) in [5, 5.41) is 10.2. The summed E-state index contributed by atoms with van der Waals surface area (Å²) >= 11 is 7.53.